The molecule has 3 aromatic heterocycles. The second-order valence-corrected chi connectivity index (χ2v) is 12.8. The van der Waals surface area contributed by atoms with Gasteiger partial charge < -0.3 is 4.57 Å². The van der Waals surface area contributed by atoms with E-state index in [2.05, 4.69) is 30.5 Å². The van der Waals surface area contributed by atoms with Gasteiger partial charge in [0.1, 0.15) is 11.4 Å². The molecule has 0 radical (unpaired) electrons. The van der Waals surface area contributed by atoms with Crippen LogP contribution in [0.25, 0.3) is 16.6 Å². The fourth-order valence-electron chi connectivity index (χ4n) is 4.63. The summed E-state index contributed by atoms with van der Waals surface area (Å²) >= 11 is 1.38. The molecular weight excluding hydrogens is 599 g/mol. The minimum absolute atomic E-state index is 0.0448. The second-order valence-electron chi connectivity index (χ2n) is 10.1. The Labute approximate surface area is 257 Å². The van der Waals surface area contributed by atoms with E-state index in [9.17, 15) is 13.2 Å². The Kier molecular flexibility index (Phi) is 7.61. The number of nitrogens with zero attached hydrogens (tertiary/aromatic N) is 7. The molecule has 0 aliphatic heterocycles. The first kappa shape index (κ1) is 29.0. The quantitative estimate of drug-likeness (QED) is 0.141. The number of aromatic nitrogens is 6. The average Bonchev–Trinajstić information content (AvgIpc) is 3.56. The fourth-order valence-corrected chi connectivity index (χ4v) is 6.68. The standard InChI is InChI=1S/C30H27N9O3S2/c1-18-12-13-25(19(2)14-18)37-44(41,42)22-9-7-8-21(15-22)28(40)34-31-16-24-20(3)36-39-26-11-6-5-10-23(26)29(33-27(24)39)43-30-35-32-17-38(30)4/h5-17,37H,1-4H3,(H,34,40)/b31-16+. The lowest BCUT2D eigenvalue weighted by molar-refractivity contribution is 0.0955. The highest BCUT2D eigenvalue weighted by Crippen LogP contribution is 2.32. The van der Waals surface area contributed by atoms with E-state index in [1.54, 1.807) is 16.9 Å². The third-order valence-electron chi connectivity index (χ3n) is 6.90. The van der Waals surface area contributed by atoms with Crippen molar-refractivity contribution in [2.45, 2.75) is 35.8 Å². The van der Waals surface area contributed by atoms with Crippen molar-refractivity contribution in [3.8, 4) is 0 Å². The molecule has 0 unspecified atom stereocenters. The first-order valence-corrected chi connectivity index (χ1v) is 15.7. The molecule has 3 heterocycles. The van der Waals surface area contributed by atoms with Gasteiger partial charge in [0.05, 0.1) is 33.6 Å². The summed E-state index contributed by atoms with van der Waals surface area (Å²) in [6.45, 7) is 5.59. The largest absolute Gasteiger partial charge is 0.311 e. The molecule has 6 aromatic rings. The summed E-state index contributed by atoms with van der Waals surface area (Å²) in [7, 11) is -2.07. The molecule has 44 heavy (non-hydrogen) atoms. The molecule has 1 amide bonds. The van der Waals surface area contributed by atoms with Crippen molar-refractivity contribution in [2.24, 2.45) is 12.1 Å². The van der Waals surface area contributed by atoms with Crippen LogP contribution in [0, 0.1) is 20.8 Å². The number of hydrogen-bond donors (Lipinski definition) is 2. The number of benzene rings is 3. The Hall–Kier alpha value is -5.08. The molecule has 0 aliphatic carbocycles. The van der Waals surface area contributed by atoms with E-state index >= 15 is 0 Å². The van der Waals surface area contributed by atoms with Gasteiger partial charge in [-0.05, 0) is 68.4 Å². The molecule has 0 aliphatic rings. The molecule has 0 spiro atoms. The summed E-state index contributed by atoms with van der Waals surface area (Å²) in [5, 5.41) is 19.3. The van der Waals surface area contributed by atoms with Crippen LogP contribution in [0.4, 0.5) is 5.69 Å². The lowest BCUT2D eigenvalue weighted by Gasteiger charge is -2.12. The van der Waals surface area contributed by atoms with Gasteiger partial charge in [0.15, 0.2) is 10.8 Å². The zero-order chi connectivity index (χ0) is 31.0. The molecule has 3 aromatic carbocycles. The van der Waals surface area contributed by atoms with Gasteiger partial charge in [-0.2, -0.15) is 10.2 Å². The molecule has 14 heteroatoms. The summed E-state index contributed by atoms with van der Waals surface area (Å²) in [5.74, 6) is -0.573. The first-order valence-electron chi connectivity index (χ1n) is 13.4. The molecule has 12 nitrogen and oxygen atoms in total. The number of rotatable bonds is 8. The van der Waals surface area contributed by atoms with Gasteiger partial charge in [-0.25, -0.2) is 23.3 Å². The molecular formula is C30H27N9O3S2. The predicted octanol–water partition coefficient (Wildman–Crippen LogP) is 4.65. The van der Waals surface area contributed by atoms with Gasteiger partial charge in [0.25, 0.3) is 15.9 Å². The van der Waals surface area contributed by atoms with Crippen molar-refractivity contribution < 1.29 is 13.2 Å². The Morgan fingerprint density at radius 1 is 1.02 bits per heavy atom. The van der Waals surface area contributed by atoms with Gasteiger partial charge in [-0.15, -0.1) is 10.2 Å². The van der Waals surface area contributed by atoms with Crippen LogP contribution in [0.3, 0.4) is 0 Å². The highest BCUT2D eigenvalue weighted by atomic mass is 32.2. The van der Waals surface area contributed by atoms with Crippen LogP contribution >= 0.6 is 11.8 Å². The van der Waals surface area contributed by atoms with Gasteiger partial charge in [0, 0.05) is 18.0 Å². The molecule has 0 saturated heterocycles. The monoisotopic (exact) mass is 625 g/mol. The maximum absolute atomic E-state index is 13.1. The third-order valence-corrected chi connectivity index (χ3v) is 9.32. The van der Waals surface area contributed by atoms with Gasteiger partial charge in [-0.3, -0.25) is 9.52 Å². The number of carbonyl (C=O) groups excluding carboxylic acids is 1. The number of anilines is 1. The lowest BCUT2D eigenvalue weighted by atomic mass is 10.1. The molecule has 6 rings (SSSR count). The van der Waals surface area contributed by atoms with Crippen LogP contribution in [0.2, 0.25) is 0 Å². The SMILES string of the molecule is Cc1ccc(NS(=O)(=O)c2cccc(C(=O)N/N=C/c3c(C)nn4c3nc(Sc3nncn3C)c3ccccc34)c2)c(C)c1. The number of aryl methyl sites for hydroxylation is 4. The average molecular weight is 626 g/mol. The molecule has 2 N–H and O–H groups in total. The van der Waals surface area contributed by atoms with Crippen molar-refractivity contribution in [3.63, 3.8) is 0 Å². The predicted molar refractivity (Wildman–Crippen MR) is 169 cm³/mol. The Bertz CT molecular complexity index is 2200. The molecule has 222 valence electrons. The van der Waals surface area contributed by atoms with Crippen LogP contribution in [-0.4, -0.2) is 49.9 Å². The minimum Gasteiger partial charge on any atom is -0.311 e. The molecule has 0 atom stereocenters. The Morgan fingerprint density at radius 2 is 1.84 bits per heavy atom. The number of para-hydroxylation sites is 1. The maximum Gasteiger partial charge on any atom is 0.271 e. The van der Waals surface area contributed by atoms with E-state index in [1.165, 1.54) is 42.2 Å². The summed E-state index contributed by atoms with van der Waals surface area (Å²) in [6.07, 6.45) is 3.11. The van der Waals surface area contributed by atoms with Crippen LogP contribution in [-0.2, 0) is 17.1 Å². The summed E-state index contributed by atoms with van der Waals surface area (Å²) in [6, 6.07) is 19.0. The Balaban J connectivity index is 1.26. The number of carbonyl (C=O) groups is 1. The topological polar surface area (TPSA) is 149 Å². The number of hydrogen-bond acceptors (Lipinski definition) is 9. The number of amides is 1. The van der Waals surface area contributed by atoms with Gasteiger partial charge in [-0.1, -0.05) is 42.0 Å². The van der Waals surface area contributed by atoms with Crippen molar-refractivity contribution in [2.75, 3.05) is 4.72 Å². The normalized spacial score (nSPS) is 11.9. The van der Waals surface area contributed by atoms with Crippen molar-refractivity contribution in [1.82, 2.24) is 34.8 Å². The van der Waals surface area contributed by atoms with E-state index in [-0.39, 0.29) is 10.5 Å². The highest BCUT2D eigenvalue weighted by molar-refractivity contribution is 7.99. The fraction of sp³-hybridized carbons (Fsp3) is 0.133. The van der Waals surface area contributed by atoms with Crippen molar-refractivity contribution >= 4 is 56.1 Å². The second kappa shape index (κ2) is 11.5. The molecule has 0 saturated carbocycles. The van der Waals surface area contributed by atoms with E-state index < -0.39 is 15.9 Å². The molecule has 0 fully saturated rings. The summed E-state index contributed by atoms with van der Waals surface area (Å²) in [5.41, 5.74) is 7.59. The van der Waals surface area contributed by atoms with Crippen molar-refractivity contribution in [1.29, 1.82) is 0 Å². The van der Waals surface area contributed by atoms with Gasteiger partial charge >= 0.3 is 0 Å². The van der Waals surface area contributed by atoms with Crippen LogP contribution in [0.5, 0.6) is 0 Å². The molecule has 0 bridgehead atoms. The zero-order valence-electron chi connectivity index (χ0n) is 24.2. The minimum atomic E-state index is -3.93. The first-order chi connectivity index (χ1) is 21.1. The van der Waals surface area contributed by atoms with Crippen molar-refractivity contribution in [3.05, 3.63) is 101 Å². The van der Waals surface area contributed by atoms with Crippen LogP contribution < -0.4 is 10.1 Å². The summed E-state index contributed by atoms with van der Waals surface area (Å²) in [4.78, 5) is 17.8. The van der Waals surface area contributed by atoms with Crippen LogP contribution in [0.1, 0.15) is 32.7 Å². The van der Waals surface area contributed by atoms with E-state index in [1.807, 2.05) is 68.8 Å². The number of hydrazone groups is 1. The Morgan fingerprint density at radius 3 is 2.61 bits per heavy atom. The lowest BCUT2D eigenvalue weighted by Crippen LogP contribution is -2.19. The highest BCUT2D eigenvalue weighted by Gasteiger charge is 2.19. The van der Waals surface area contributed by atoms with E-state index in [4.69, 9.17) is 4.98 Å². The number of fused-ring (bicyclic) bond motifs is 3. The number of nitrogens with one attached hydrogen (secondary N) is 2. The summed E-state index contributed by atoms with van der Waals surface area (Å²) < 4.78 is 32.3. The maximum atomic E-state index is 13.1. The van der Waals surface area contributed by atoms with E-state index in [0.29, 0.717) is 27.7 Å². The third kappa shape index (κ3) is 5.64. The van der Waals surface area contributed by atoms with Gasteiger partial charge in [0.2, 0.25) is 0 Å². The zero-order valence-corrected chi connectivity index (χ0v) is 25.8. The smallest absolute Gasteiger partial charge is 0.271 e. The number of sulfonamides is 1. The van der Waals surface area contributed by atoms with Crippen LogP contribution in [0.15, 0.2) is 93.2 Å². The van der Waals surface area contributed by atoms with E-state index in [0.717, 1.165) is 27.1 Å².